The highest BCUT2D eigenvalue weighted by molar-refractivity contribution is 6.20. The topological polar surface area (TPSA) is 62.7 Å². The summed E-state index contributed by atoms with van der Waals surface area (Å²) in [6.45, 7) is 3.88. The second-order valence-corrected chi connectivity index (χ2v) is 2.96. The Morgan fingerprint density at radius 3 is 2.93 bits per heavy atom. The smallest absolute Gasteiger partial charge is 0.414 e. The minimum Gasteiger partial charge on any atom is -0.450 e. The van der Waals surface area contributed by atoms with Gasteiger partial charge in [-0.05, 0) is 19.4 Å². The molecule has 0 aromatic carbocycles. The number of ether oxygens (including phenoxy) is 1. The molecule has 0 aromatic rings. The third kappa shape index (κ3) is 7.25. The van der Waals surface area contributed by atoms with E-state index in [1.54, 1.807) is 6.92 Å². The lowest BCUT2D eigenvalue weighted by atomic mass is 10.2. The van der Waals surface area contributed by atoms with Crippen LogP contribution in [0.5, 0.6) is 0 Å². The van der Waals surface area contributed by atoms with E-state index in [4.69, 9.17) is 10.3 Å². The molecule has 0 saturated carbocycles. The van der Waals surface area contributed by atoms with Crippen LogP contribution in [0.4, 0.5) is 0 Å². The zero-order valence-electron chi connectivity index (χ0n) is 8.64. The van der Waals surface area contributed by atoms with Crippen LogP contribution in [0.15, 0.2) is 12.2 Å². The Morgan fingerprint density at radius 1 is 1.64 bits per heavy atom. The van der Waals surface area contributed by atoms with Crippen molar-refractivity contribution in [1.29, 1.82) is 0 Å². The van der Waals surface area contributed by atoms with Gasteiger partial charge in [0.1, 0.15) is 6.10 Å². The SMILES string of the molecule is CCCC/C=C\[C@@H](C)OC(=O)C=[N+]=[N-]. The third-order valence-electron chi connectivity index (χ3n) is 1.60. The number of carbonyl (C=O) groups excluding carboxylic acids is 1. The number of unbranched alkanes of at least 4 members (excludes halogenated alkanes) is 2. The molecule has 0 bridgehead atoms. The van der Waals surface area contributed by atoms with E-state index in [9.17, 15) is 4.79 Å². The highest BCUT2D eigenvalue weighted by Gasteiger charge is 2.06. The molecule has 0 saturated heterocycles. The zero-order chi connectivity index (χ0) is 10.8. The summed E-state index contributed by atoms with van der Waals surface area (Å²) in [6.07, 6.45) is 7.53. The molecule has 0 fully saturated rings. The molecule has 0 aliphatic rings. The Bertz CT molecular complexity index is 243. The molecule has 4 heteroatoms. The van der Waals surface area contributed by atoms with E-state index in [-0.39, 0.29) is 6.10 Å². The Hall–Kier alpha value is -1.41. The molecule has 0 unspecified atom stereocenters. The first-order chi connectivity index (χ1) is 6.70. The summed E-state index contributed by atoms with van der Waals surface area (Å²) in [5, 5.41) is 0. The van der Waals surface area contributed by atoms with Gasteiger partial charge in [0, 0.05) is 0 Å². The molecule has 0 spiro atoms. The summed E-state index contributed by atoms with van der Waals surface area (Å²) in [5.41, 5.74) is 8.05. The first-order valence-electron chi connectivity index (χ1n) is 4.75. The average molecular weight is 196 g/mol. The van der Waals surface area contributed by atoms with Crippen LogP contribution in [0.2, 0.25) is 0 Å². The molecule has 0 rings (SSSR count). The van der Waals surface area contributed by atoms with Gasteiger partial charge in [-0.1, -0.05) is 25.8 Å². The van der Waals surface area contributed by atoms with Crippen LogP contribution >= 0.6 is 0 Å². The lowest BCUT2D eigenvalue weighted by Gasteiger charge is -2.03. The highest BCUT2D eigenvalue weighted by Crippen LogP contribution is 1.98. The second kappa shape index (κ2) is 8.20. The van der Waals surface area contributed by atoms with Gasteiger partial charge < -0.3 is 10.3 Å². The normalized spacial score (nSPS) is 12.1. The van der Waals surface area contributed by atoms with E-state index >= 15 is 0 Å². The quantitative estimate of drug-likeness (QED) is 0.163. The summed E-state index contributed by atoms with van der Waals surface area (Å²) in [5.74, 6) is -0.639. The second-order valence-electron chi connectivity index (χ2n) is 2.96. The number of hydrogen-bond donors (Lipinski definition) is 0. The fourth-order valence-corrected chi connectivity index (χ4v) is 0.910. The van der Waals surface area contributed by atoms with Gasteiger partial charge in [-0.25, -0.2) is 4.79 Å². The van der Waals surface area contributed by atoms with E-state index in [2.05, 4.69) is 11.7 Å². The molecule has 4 nitrogen and oxygen atoms in total. The van der Waals surface area contributed by atoms with Gasteiger partial charge in [0.2, 0.25) is 0 Å². The summed E-state index contributed by atoms with van der Waals surface area (Å²) in [4.78, 5) is 13.4. The van der Waals surface area contributed by atoms with Crippen LogP contribution in [-0.2, 0) is 9.53 Å². The molecular weight excluding hydrogens is 180 g/mol. The van der Waals surface area contributed by atoms with Gasteiger partial charge >= 0.3 is 12.2 Å². The molecule has 14 heavy (non-hydrogen) atoms. The van der Waals surface area contributed by atoms with Crippen molar-refractivity contribution in [2.24, 2.45) is 0 Å². The first-order valence-corrected chi connectivity index (χ1v) is 4.75. The third-order valence-corrected chi connectivity index (χ3v) is 1.60. The van der Waals surface area contributed by atoms with E-state index < -0.39 is 5.97 Å². The zero-order valence-corrected chi connectivity index (χ0v) is 8.64. The molecule has 0 aromatic heterocycles. The van der Waals surface area contributed by atoms with Crippen molar-refractivity contribution < 1.29 is 14.3 Å². The summed E-state index contributed by atoms with van der Waals surface area (Å²) < 4.78 is 4.84. The minimum atomic E-state index is -0.639. The Balaban J connectivity index is 3.73. The number of esters is 1. The molecule has 0 N–H and O–H groups in total. The standard InChI is InChI=1S/C10H16N2O2/c1-3-4-5-6-7-9(2)14-10(13)8-12-11/h6-9H,3-5H2,1-2H3/b7-6-/t9-/m1/s1. The van der Waals surface area contributed by atoms with Crippen molar-refractivity contribution in [3.8, 4) is 0 Å². The first kappa shape index (κ1) is 12.6. The van der Waals surface area contributed by atoms with E-state index in [0.717, 1.165) is 25.5 Å². The van der Waals surface area contributed by atoms with Crippen molar-refractivity contribution >= 4 is 12.2 Å². The summed E-state index contributed by atoms with van der Waals surface area (Å²) >= 11 is 0. The monoisotopic (exact) mass is 196 g/mol. The maximum absolute atomic E-state index is 10.8. The Morgan fingerprint density at radius 2 is 2.36 bits per heavy atom. The van der Waals surface area contributed by atoms with Crippen molar-refractivity contribution in [2.75, 3.05) is 0 Å². The minimum absolute atomic E-state index is 0.280. The highest BCUT2D eigenvalue weighted by atomic mass is 16.5. The lowest BCUT2D eigenvalue weighted by Crippen LogP contribution is -2.13. The largest absolute Gasteiger partial charge is 0.450 e. The van der Waals surface area contributed by atoms with Crippen LogP contribution in [0.3, 0.4) is 0 Å². The van der Waals surface area contributed by atoms with E-state index in [1.165, 1.54) is 0 Å². The number of allylic oxidation sites excluding steroid dienone is 1. The predicted octanol–water partition coefficient (Wildman–Crippen LogP) is 1.97. The van der Waals surface area contributed by atoms with Crippen molar-refractivity contribution in [3.05, 3.63) is 17.7 Å². The molecule has 0 heterocycles. The molecule has 0 radical (unpaired) electrons. The fraction of sp³-hybridized carbons (Fsp3) is 0.600. The Kier molecular flexibility index (Phi) is 7.37. The number of carbonyl (C=O) groups is 1. The van der Waals surface area contributed by atoms with Crippen molar-refractivity contribution in [2.45, 2.75) is 39.2 Å². The lowest BCUT2D eigenvalue weighted by molar-refractivity contribution is -0.141. The van der Waals surface area contributed by atoms with Gasteiger partial charge in [-0.2, -0.15) is 4.79 Å². The van der Waals surface area contributed by atoms with Gasteiger partial charge in [-0.3, -0.25) is 0 Å². The summed E-state index contributed by atoms with van der Waals surface area (Å²) in [6, 6.07) is 0. The molecular formula is C10H16N2O2. The number of rotatable bonds is 6. The average Bonchev–Trinajstić information content (AvgIpc) is 2.13. The fourth-order valence-electron chi connectivity index (χ4n) is 0.910. The van der Waals surface area contributed by atoms with E-state index in [1.807, 2.05) is 12.2 Å². The number of hydrogen-bond acceptors (Lipinski definition) is 2. The number of nitrogens with zero attached hydrogens (tertiary/aromatic N) is 2. The van der Waals surface area contributed by atoms with Gasteiger partial charge in [0.15, 0.2) is 0 Å². The maximum atomic E-state index is 10.8. The predicted molar refractivity (Wildman–Crippen MR) is 53.9 cm³/mol. The van der Waals surface area contributed by atoms with Crippen LogP contribution in [0, 0.1) is 0 Å². The summed E-state index contributed by atoms with van der Waals surface area (Å²) in [7, 11) is 0. The van der Waals surface area contributed by atoms with Gasteiger partial charge in [0.25, 0.3) is 0 Å². The molecule has 0 aliphatic heterocycles. The van der Waals surface area contributed by atoms with Crippen LogP contribution in [0.1, 0.15) is 33.1 Å². The van der Waals surface area contributed by atoms with E-state index in [0.29, 0.717) is 0 Å². The van der Waals surface area contributed by atoms with Crippen molar-refractivity contribution in [1.82, 2.24) is 0 Å². The van der Waals surface area contributed by atoms with Crippen LogP contribution in [0.25, 0.3) is 5.53 Å². The van der Waals surface area contributed by atoms with Gasteiger partial charge in [-0.15, -0.1) is 0 Å². The molecule has 0 amide bonds. The van der Waals surface area contributed by atoms with Crippen LogP contribution < -0.4 is 0 Å². The van der Waals surface area contributed by atoms with Gasteiger partial charge in [0.05, 0.1) is 0 Å². The van der Waals surface area contributed by atoms with Crippen molar-refractivity contribution in [3.63, 3.8) is 0 Å². The Labute approximate surface area is 84.2 Å². The maximum Gasteiger partial charge on any atom is 0.414 e. The molecule has 78 valence electrons. The molecule has 1 atom stereocenters. The molecule has 0 aliphatic carbocycles. The van der Waals surface area contributed by atoms with Crippen LogP contribution in [-0.4, -0.2) is 23.1 Å².